The summed E-state index contributed by atoms with van der Waals surface area (Å²) >= 11 is 1.66. The zero-order valence-corrected chi connectivity index (χ0v) is 19.5. The number of nitrogens with zero attached hydrogens (tertiary/aromatic N) is 2. The van der Waals surface area contributed by atoms with E-state index in [9.17, 15) is 9.90 Å². The van der Waals surface area contributed by atoms with Crippen molar-refractivity contribution in [1.82, 2.24) is 4.57 Å². The van der Waals surface area contributed by atoms with E-state index in [1.165, 1.54) is 38.5 Å². The van der Waals surface area contributed by atoms with Gasteiger partial charge in [-0.3, -0.25) is 0 Å². The van der Waals surface area contributed by atoms with Crippen molar-refractivity contribution in [2.24, 2.45) is 0 Å². The van der Waals surface area contributed by atoms with E-state index in [1.54, 1.807) is 16.3 Å². The highest BCUT2D eigenvalue weighted by molar-refractivity contribution is 7.99. The van der Waals surface area contributed by atoms with E-state index >= 15 is 0 Å². The van der Waals surface area contributed by atoms with Crippen molar-refractivity contribution in [3.8, 4) is 17.3 Å². The Hall–Kier alpha value is -2.53. The summed E-state index contributed by atoms with van der Waals surface area (Å²) in [5.74, 6) is 1.00. The van der Waals surface area contributed by atoms with Crippen LogP contribution in [0.25, 0.3) is 11.4 Å². The van der Waals surface area contributed by atoms with Crippen LogP contribution in [0.4, 0.5) is 0 Å². The number of para-hydroxylation sites is 2. The molecule has 2 aromatic carbocycles. The lowest BCUT2D eigenvalue weighted by atomic mass is 10.0. The van der Waals surface area contributed by atoms with E-state index in [4.69, 9.17) is 0 Å². The average Bonchev–Trinajstić information content (AvgIpc) is 2.82. The molecule has 0 saturated carbocycles. The lowest BCUT2D eigenvalue weighted by Crippen LogP contribution is -2.43. The van der Waals surface area contributed by atoms with Gasteiger partial charge in [-0.2, -0.15) is 9.13 Å². The third kappa shape index (κ3) is 5.26. The lowest BCUT2D eigenvalue weighted by Gasteiger charge is -2.15. The first-order chi connectivity index (χ1) is 15.8. The van der Waals surface area contributed by atoms with Crippen LogP contribution in [-0.2, 0) is 6.42 Å². The molecule has 0 radical (unpaired) electrons. The van der Waals surface area contributed by atoms with Gasteiger partial charge in [0, 0.05) is 5.75 Å². The van der Waals surface area contributed by atoms with Gasteiger partial charge in [0.1, 0.15) is 16.9 Å². The second-order valence-corrected chi connectivity index (χ2v) is 9.57. The molecule has 168 valence electrons. The van der Waals surface area contributed by atoms with Crippen molar-refractivity contribution >= 4 is 11.8 Å². The molecule has 3 heterocycles. The van der Waals surface area contributed by atoms with Crippen molar-refractivity contribution in [1.29, 1.82) is 0 Å². The molecule has 1 N–H and O–H groups in total. The zero-order valence-electron chi connectivity index (χ0n) is 18.7. The van der Waals surface area contributed by atoms with Crippen LogP contribution in [0, 0.1) is 0 Å². The molecule has 0 fully saturated rings. The SMILES string of the molecule is O=c1c2c(O)[n+](-c3ccccc3)c(n1-c1ccccc1)SCCCCCCCCCCC2. The summed E-state index contributed by atoms with van der Waals surface area (Å²) in [6, 6.07) is 19.7. The predicted molar refractivity (Wildman–Crippen MR) is 131 cm³/mol. The minimum atomic E-state index is -0.101. The Morgan fingerprint density at radius 2 is 1.31 bits per heavy atom. The molecule has 0 spiro atoms. The highest BCUT2D eigenvalue weighted by atomic mass is 32.2. The molecule has 0 saturated heterocycles. The number of rotatable bonds is 2. The molecule has 4 nitrogen and oxygen atoms in total. The van der Waals surface area contributed by atoms with Gasteiger partial charge < -0.3 is 5.11 Å². The Kier molecular flexibility index (Phi) is 8.05. The van der Waals surface area contributed by atoms with Crippen molar-refractivity contribution in [2.75, 3.05) is 5.75 Å². The van der Waals surface area contributed by atoms with Gasteiger partial charge in [0.05, 0.1) is 0 Å². The molecule has 32 heavy (non-hydrogen) atoms. The molecule has 0 amide bonds. The maximum absolute atomic E-state index is 13.7. The number of fused-ring (bicyclic) bond motifs is 13. The first-order valence-electron chi connectivity index (χ1n) is 11.9. The van der Waals surface area contributed by atoms with Crippen molar-refractivity contribution in [3.05, 3.63) is 76.6 Å². The van der Waals surface area contributed by atoms with Crippen molar-refractivity contribution < 1.29 is 9.67 Å². The summed E-state index contributed by atoms with van der Waals surface area (Å²) in [6.45, 7) is 0. The summed E-state index contributed by atoms with van der Waals surface area (Å²) in [7, 11) is 0. The van der Waals surface area contributed by atoms with Gasteiger partial charge >= 0.3 is 10.7 Å². The molecule has 3 aromatic rings. The van der Waals surface area contributed by atoms with Gasteiger partial charge in [-0.1, -0.05) is 81.3 Å². The number of hydrogen-bond acceptors (Lipinski definition) is 3. The summed E-state index contributed by atoms with van der Waals surface area (Å²) < 4.78 is 3.68. The Balaban J connectivity index is 1.90. The fourth-order valence-electron chi connectivity index (χ4n) is 4.41. The smallest absolute Gasteiger partial charge is 0.350 e. The van der Waals surface area contributed by atoms with Crippen molar-refractivity contribution in [2.45, 2.75) is 69.4 Å². The quantitative estimate of drug-likeness (QED) is 0.387. The second-order valence-electron chi connectivity index (χ2n) is 8.51. The van der Waals surface area contributed by atoms with Crippen LogP contribution in [0.3, 0.4) is 0 Å². The molecule has 5 rings (SSSR count). The summed E-state index contributed by atoms with van der Waals surface area (Å²) in [5.41, 5.74) is 2.12. The van der Waals surface area contributed by atoms with E-state index in [-0.39, 0.29) is 11.4 Å². The summed E-state index contributed by atoms with van der Waals surface area (Å²) in [4.78, 5) is 13.7. The first-order valence-corrected chi connectivity index (χ1v) is 12.9. The number of hydrogen-bond donors (Lipinski definition) is 1. The molecule has 2 bridgehead atoms. The minimum absolute atomic E-state index is 0.0861. The van der Waals surface area contributed by atoms with Crippen LogP contribution >= 0.6 is 11.8 Å². The number of aromatic hydroxyl groups is 1. The van der Waals surface area contributed by atoms with Gasteiger partial charge in [-0.25, -0.2) is 4.79 Å². The van der Waals surface area contributed by atoms with Crippen LogP contribution in [-0.4, -0.2) is 15.4 Å². The number of aromatic nitrogens is 2. The highest BCUT2D eigenvalue weighted by Crippen LogP contribution is 2.26. The van der Waals surface area contributed by atoms with Crippen LogP contribution in [0.15, 0.2) is 70.6 Å². The number of benzene rings is 2. The van der Waals surface area contributed by atoms with Gasteiger partial charge in [-0.15, -0.1) is 0 Å². The monoisotopic (exact) mass is 449 g/mol. The molecule has 5 heteroatoms. The topological polar surface area (TPSA) is 46.1 Å². The second kappa shape index (κ2) is 11.4. The fraction of sp³-hybridized carbons (Fsp3) is 0.407. The normalized spacial score (nSPS) is 16.1. The van der Waals surface area contributed by atoms with E-state index in [2.05, 4.69) is 0 Å². The highest BCUT2D eigenvalue weighted by Gasteiger charge is 2.30. The molecule has 0 aliphatic carbocycles. The maximum Gasteiger partial charge on any atom is 0.350 e. The van der Waals surface area contributed by atoms with Gasteiger partial charge in [0.15, 0.2) is 0 Å². The third-order valence-electron chi connectivity index (χ3n) is 6.16. The van der Waals surface area contributed by atoms with E-state index in [0.717, 1.165) is 41.5 Å². The van der Waals surface area contributed by atoms with Gasteiger partial charge in [0.25, 0.3) is 5.88 Å². The average molecular weight is 450 g/mol. The van der Waals surface area contributed by atoms with Gasteiger partial charge in [0.2, 0.25) is 0 Å². The Bertz CT molecular complexity index is 1060. The lowest BCUT2D eigenvalue weighted by molar-refractivity contribution is -0.650. The molecular formula is C27H33N2O2S+. The Labute approximate surface area is 194 Å². The minimum Gasteiger partial charge on any atom is -0.477 e. The number of thioether (sulfide) groups is 1. The van der Waals surface area contributed by atoms with E-state index in [0.29, 0.717) is 12.0 Å². The predicted octanol–water partition coefficient (Wildman–Crippen LogP) is 5.98. The van der Waals surface area contributed by atoms with Crippen LogP contribution in [0.2, 0.25) is 0 Å². The first kappa shape index (κ1) is 22.7. The Morgan fingerprint density at radius 3 is 1.97 bits per heavy atom. The molecular weight excluding hydrogens is 416 g/mol. The van der Waals surface area contributed by atoms with Crippen LogP contribution in [0.5, 0.6) is 5.88 Å². The van der Waals surface area contributed by atoms with Crippen molar-refractivity contribution in [3.63, 3.8) is 0 Å². The van der Waals surface area contributed by atoms with E-state index in [1.807, 2.05) is 65.2 Å². The molecule has 0 unspecified atom stereocenters. The molecule has 2 aliphatic heterocycles. The summed E-state index contributed by atoms with van der Waals surface area (Å²) in [5, 5.41) is 12.1. The maximum atomic E-state index is 13.7. The Morgan fingerprint density at radius 1 is 0.750 bits per heavy atom. The van der Waals surface area contributed by atoms with E-state index < -0.39 is 0 Å². The van der Waals surface area contributed by atoms with Gasteiger partial charge in [-0.05, 0) is 55.3 Å². The molecule has 0 atom stereocenters. The molecule has 1 aromatic heterocycles. The third-order valence-corrected chi connectivity index (χ3v) is 7.27. The van der Waals surface area contributed by atoms with Crippen LogP contribution < -0.4 is 10.1 Å². The fourth-order valence-corrected chi connectivity index (χ4v) is 5.58. The van der Waals surface area contributed by atoms with Crippen LogP contribution in [0.1, 0.15) is 63.4 Å². The summed E-state index contributed by atoms with van der Waals surface area (Å²) in [6.07, 6.45) is 11.3. The molecule has 2 aliphatic rings. The largest absolute Gasteiger partial charge is 0.477 e. The zero-order chi connectivity index (χ0) is 22.2. The standard InChI is InChI=1S/C27H32N2O2S/c30-25-24-20-14-6-4-2-1-3-5-7-15-21-32-27(28(25)22-16-10-8-11-17-22)29(26(24)31)23-18-12-9-13-19-23/h8-13,16-19H,1-7,14-15,20-21H2/p+1.